The van der Waals surface area contributed by atoms with E-state index in [0.29, 0.717) is 13.0 Å². The molecule has 1 rings (SSSR count). The van der Waals surface area contributed by atoms with E-state index >= 15 is 0 Å². The van der Waals surface area contributed by atoms with Crippen LogP contribution in [0.2, 0.25) is 0 Å². The summed E-state index contributed by atoms with van der Waals surface area (Å²) in [5.41, 5.74) is 6.37. The second-order valence-electron chi connectivity index (χ2n) is 2.62. The minimum Gasteiger partial charge on any atom is -0.330 e. The molecule has 0 radical (unpaired) electrons. The van der Waals surface area contributed by atoms with Crippen LogP contribution >= 0.6 is 11.3 Å². The Morgan fingerprint density at radius 3 is 3.00 bits per heavy atom. The molecule has 0 aromatic carbocycles. The van der Waals surface area contributed by atoms with Crippen LogP contribution in [0.15, 0.2) is 6.07 Å². The number of rotatable bonds is 2. The monoisotopic (exact) mass is 193 g/mol. The first kappa shape index (κ1) is 9.97. The summed E-state index contributed by atoms with van der Waals surface area (Å²) in [4.78, 5) is 12.1. The second kappa shape index (κ2) is 4.80. The molecule has 0 amide bonds. The molecule has 68 valence electrons. The number of aldehydes is 1. The molecule has 3 heteroatoms. The highest BCUT2D eigenvalue weighted by molar-refractivity contribution is 7.14. The average molecular weight is 193 g/mol. The lowest BCUT2D eigenvalue weighted by atomic mass is 10.2. The van der Waals surface area contributed by atoms with Gasteiger partial charge in [-0.15, -0.1) is 11.3 Å². The molecule has 0 aliphatic heterocycles. The molecule has 13 heavy (non-hydrogen) atoms. The first-order valence-electron chi connectivity index (χ1n) is 4.02. The molecule has 2 nitrogen and oxygen atoms in total. The van der Waals surface area contributed by atoms with Gasteiger partial charge in [0.15, 0.2) is 6.29 Å². The summed E-state index contributed by atoms with van der Waals surface area (Å²) in [6, 6.07) is 1.85. The lowest BCUT2D eigenvalue weighted by Crippen LogP contribution is -1.95. The number of hydrogen-bond donors (Lipinski definition) is 1. The lowest BCUT2D eigenvalue weighted by Gasteiger charge is -1.83. The first-order valence-corrected chi connectivity index (χ1v) is 4.84. The van der Waals surface area contributed by atoms with Crippen LogP contribution in [-0.2, 0) is 0 Å². The van der Waals surface area contributed by atoms with E-state index in [1.54, 1.807) is 0 Å². The molecule has 1 heterocycles. The van der Waals surface area contributed by atoms with Crippen molar-refractivity contribution in [2.45, 2.75) is 13.3 Å². The molecule has 0 saturated heterocycles. The van der Waals surface area contributed by atoms with E-state index in [1.807, 2.05) is 13.0 Å². The van der Waals surface area contributed by atoms with Crippen LogP contribution in [0.1, 0.15) is 26.5 Å². The van der Waals surface area contributed by atoms with Crippen molar-refractivity contribution in [2.24, 2.45) is 5.73 Å². The third-order valence-corrected chi connectivity index (χ3v) is 2.60. The van der Waals surface area contributed by atoms with Gasteiger partial charge in [-0.1, -0.05) is 11.8 Å². The van der Waals surface area contributed by atoms with Gasteiger partial charge in [-0.25, -0.2) is 0 Å². The van der Waals surface area contributed by atoms with Gasteiger partial charge in [-0.05, 0) is 18.6 Å². The number of thiophene rings is 1. The van der Waals surface area contributed by atoms with E-state index in [0.717, 1.165) is 21.6 Å². The normalized spacial score (nSPS) is 9.08. The fraction of sp³-hybridized carbons (Fsp3) is 0.300. The largest absolute Gasteiger partial charge is 0.330 e. The van der Waals surface area contributed by atoms with Crippen LogP contribution in [0.25, 0.3) is 0 Å². The van der Waals surface area contributed by atoms with Gasteiger partial charge in [0.25, 0.3) is 0 Å². The van der Waals surface area contributed by atoms with Gasteiger partial charge in [0, 0.05) is 13.0 Å². The van der Waals surface area contributed by atoms with Crippen LogP contribution in [0.3, 0.4) is 0 Å². The highest BCUT2D eigenvalue weighted by Crippen LogP contribution is 2.18. The van der Waals surface area contributed by atoms with Gasteiger partial charge >= 0.3 is 0 Å². The predicted molar refractivity (Wildman–Crippen MR) is 55.0 cm³/mol. The van der Waals surface area contributed by atoms with Gasteiger partial charge in [0.05, 0.1) is 9.75 Å². The molecular weight excluding hydrogens is 182 g/mol. The number of hydrogen-bond acceptors (Lipinski definition) is 3. The SMILES string of the molecule is Cc1cc(C=O)sc1C#CCCN. The molecular formula is C10H11NOS. The van der Waals surface area contributed by atoms with Crippen molar-refractivity contribution in [3.8, 4) is 11.8 Å². The second-order valence-corrected chi connectivity index (χ2v) is 3.70. The Morgan fingerprint density at radius 1 is 1.69 bits per heavy atom. The number of carbonyl (C=O) groups is 1. The third kappa shape index (κ3) is 2.69. The molecule has 0 atom stereocenters. The molecule has 1 aromatic rings. The highest BCUT2D eigenvalue weighted by atomic mass is 32.1. The van der Waals surface area contributed by atoms with E-state index in [1.165, 1.54) is 11.3 Å². The Balaban J connectivity index is 2.84. The van der Waals surface area contributed by atoms with Gasteiger partial charge in [-0.3, -0.25) is 4.79 Å². The number of nitrogens with two attached hydrogens (primary N) is 1. The van der Waals surface area contributed by atoms with Gasteiger partial charge in [0.2, 0.25) is 0 Å². The van der Waals surface area contributed by atoms with Crippen LogP contribution in [0, 0.1) is 18.8 Å². The minimum atomic E-state index is 0.581. The Morgan fingerprint density at radius 2 is 2.46 bits per heavy atom. The average Bonchev–Trinajstić information content (AvgIpc) is 2.48. The molecule has 0 unspecified atom stereocenters. The molecule has 0 bridgehead atoms. The highest BCUT2D eigenvalue weighted by Gasteiger charge is 2.00. The van der Waals surface area contributed by atoms with E-state index in [9.17, 15) is 4.79 Å². The summed E-state index contributed by atoms with van der Waals surface area (Å²) in [6.07, 6.45) is 1.56. The van der Waals surface area contributed by atoms with Crippen molar-refractivity contribution in [2.75, 3.05) is 6.54 Å². The van der Waals surface area contributed by atoms with Gasteiger partial charge in [0.1, 0.15) is 0 Å². The fourth-order valence-electron chi connectivity index (χ4n) is 0.904. The molecule has 0 fully saturated rings. The lowest BCUT2D eigenvalue weighted by molar-refractivity contribution is 0.112. The summed E-state index contributed by atoms with van der Waals surface area (Å²) in [5, 5.41) is 0. The number of aryl methyl sites for hydroxylation is 1. The Hall–Kier alpha value is -1.11. The maximum atomic E-state index is 10.4. The quantitative estimate of drug-likeness (QED) is 0.572. The summed E-state index contributed by atoms with van der Waals surface area (Å²) in [5.74, 6) is 5.95. The minimum absolute atomic E-state index is 0.581. The molecule has 0 saturated carbocycles. The topological polar surface area (TPSA) is 43.1 Å². The van der Waals surface area contributed by atoms with E-state index in [4.69, 9.17) is 5.73 Å². The fourth-order valence-corrected chi connectivity index (χ4v) is 1.77. The first-order chi connectivity index (χ1) is 6.27. The predicted octanol–water partition coefficient (Wildman–Crippen LogP) is 1.57. The number of carbonyl (C=O) groups excluding carboxylic acids is 1. The molecule has 2 N–H and O–H groups in total. The maximum Gasteiger partial charge on any atom is 0.160 e. The summed E-state index contributed by atoms with van der Waals surface area (Å²) in [7, 11) is 0. The van der Waals surface area contributed by atoms with Gasteiger partial charge in [-0.2, -0.15) is 0 Å². The van der Waals surface area contributed by atoms with Crippen molar-refractivity contribution in [1.82, 2.24) is 0 Å². The molecule has 0 aliphatic rings. The summed E-state index contributed by atoms with van der Waals surface area (Å²) >= 11 is 1.43. The molecule has 0 aliphatic carbocycles. The zero-order chi connectivity index (χ0) is 9.68. The zero-order valence-electron chi connectivity index (χ0n) is 7.46. The van der Waals surface area contributed by atoms with Crippen molar-refractivity contribution >= 4 is 17.6 Å². The smallest absolute Gasteiger partial charge is 0.160 e. The van der Waals surface area contributed by atoms with Crippen molar-refractivity contribution < 1.29 is 4.79 Å². The van der Waals surface area contributed by atoms with Crippen molar-refractivity contribution in [1.29, 1.82) is 0 Å². The van der Waals surface area contributed by atoms with E-state index < -0.39 is 0 Å². The van der Waals surface area contributed by atoms with Crippen LogP contribution in [0.4, 0.5) is 0 Å². The Kier molecular flexibility index (Phi) is 3.69. The van der Waals surface area contributed by atoms with Crippen LogP contribution < -0.4 is 5.73 Å². The van der Waals surface area contributed by atoms with E-state index in [-0.39, 0.29) is 0 Å². The zero-order valence-corrected chi connectivity index (χ0v) is 8.28. The summed E-state index contributed by atoms with van der Waals surface area (Å²) < 4.78 is 0. The van der Waals surface area contributed by atoms with Crippen molar-refractivity contribution in [3.63, 3.8) is 0 Å². The van der Waals surface area contributed by atoms with Crippen molar-refractivity contribution in [3.05, 3.63) is 21.4 Å². The standard InChI is InChI=1S/C10H11NOS/c1-8-6-9(7-12)13-10(8)4-2-3-5-11/h6-7H,3,5,11H2,1H3. The van der Waals surface area contributed by atoms with Gasteiger partial charge < -0.3 is 5.73 Å². The summed E-state index contributed by atoms with van der Waals surface area (Å²) in [6.45, 7) is 2.54. The van der Waals surface area contributed by atoms with E-state index in [2.05, 4.69) is 11.8 Å². The molecule has 1 aromatic heterocycles. The molecule has 0 spiro atoms. The maximum absolute atomic E-state index is 10.4. The Bertz CT molecular complexity index is 357. The van der Waals surface area contributed by atoms with Crippen LogP contribution in [0.5, 0.6) is 0 Å². The Labute approximate surface area is 81.8 Å². The third-order valence-electron chi connectivity index (χ3n) is 1.52. The van der Waals surface area contributed by atoms with Crippen LogP contribution in [-0.4, -0.2) is 12.8 Å².